The molecule has 1 heterocycles. The molecule has 0 aliphatic rings. The summed E-state index contributed by atoms with van der Waals surface area (Å²) in [5.74, 6) is -1.52. The third-order valence-electron chi connectivity index (χ3n) is 3.09. The first-order chi connectivity index (χ1) is 9.88. The van der Waals surface area contributed by atoms with E-state index in [1.165, 1.54) is 29.0 Å². The molecule has 0 aliphatic carbocycles. The van der Waals surface area contributed by atoms with Crippen molar-refractivity contribution in [2.24, 2.45) is 7.05 Å². The molecule has 1 amide bonds. The average molecular weight is 286 g/mol. The molecule has 0 bridgehead atoms. The number of rotatable bonds is 3. The fourth-order valence-electron chi connectivity index (χ4n) is 1.82. The molecule has 0 aliphatic heterocycles. The van der Waals surface area contributed by atoms with Gasteiger partial charge >= 0.3 is 5.97 Å². The van der Waals surface area contributed by atoms with Crippen LogP contribution in [-0.4, -0.2) is 21.6 Å². The molecule has 1 aromatic heterocycles. The third-order valence-corrected chi connectivity index (χ3v) is 3.09. The Labute approximate surface area is 120 Å². The number of hydrogen-bond donors (Lipinski definition) is 2. The number of hydrogen-bond acceptors (Lipinski definition) is 3. The number of benzene rings is 1. The highest BCUT2D eigenvalue weighted by Crippen LogP contribution is 2.16. The van der Waals surface area contributed by atoms with Crippen molar-refractivity contribution in [3.05, 3.63) is 63.6 Å². The maximum absolute atomic E-state index is 12.0. The second-order valence-electron chi connectivity index (χ2n) is 4.65. The lowest BCUT2D eigenvalue weighted by atomic mass is 10.1. The van der Waals surface area contributed by atoms with Gasteiger partial charge < -0.3 is 15.0 Å². The molecular weight excluding hydrogens is 272 g/mol. The lowest BCUT2D eigenvalue weighted by Gasteiger charge is -2.08. The van der Waals surface area contributed by atoms with E-state index in [2.05, 4.69) is 5.32 Å². The first kappa shape index (κ1) is 14.5. The smallest absolute Gasteiger partial charge is 0.336 e. The fraction of sp³-hybridized carbons (Fsp3) is 0.133. The van der Waals surface area contributed by atoms with Gasteiger partial charge in [0.15, 0.2) is 0 Å². The largest absolute Gasteiger partial charge is 0.478 e. The number of aromatic carboxylic acids is 1. The summed E-state index contributed by atoms with van der Waals surface area (Å²) in [6.07, 6.45) is 1.50. The van der Waals surface area contributed by atoms with Gasteiger partial charge in [0.25, 0.3) is 11.5 Å². The maximum atomic E-state index is 12.0. The number of pyridine rings is 1. The number of carbonyl (C=O) groups is 2. The van der Waals surface area contributed by atoms with Gasteiger partial charge in [-0.25, -0.2) is 4.79 Å². The molecule has 0 saturated heterocycles. The Bertz CT molecular complexity index is 777. The second kappa shape index (κ2) is 5.62. The summed E-state index contributed by atoms with van der Waals surface area (Å²) in [7, 11) is 1.59. The lowest BCUT2D eigenvalue weighted by Crippen LogP contribution is -2.20. The monoisotopic (exact) mass is 286 g/mol. The lowest BCUT2D eigenvalue weighted by molar-refractivity contribution is 0.0695. The predicted molar refractivity (Wildman–Crippen MR) is 77.8 cm³/mol. The number of carboxylic acids is 1. The molecular formula is C15H14N2O4. The first-order valence-electron chi connectivity index (χ1n) is 6.20. The van der Waals surface area contributed by atoms with E-state index in [0.717, 1.165) is 0 Å². The average Bonchev–Trinajstić information content (AvgIpc) is 2.43. The molecule has 2 N–H and O–H groups in total. The van der Waals surface area contributed by atoms with Gasteiger partial charge in [0.05, 0.1) is 5.56 Å². The molecule has 0 atom stereocenters. The summed E-state index contributed by atoms with van der Waals surface area (Å²) in [4.78, 5) is 34.6. The molecule has 0 radical (unpaired) electrons. The SMILES string of the molecule is Cc1ccc(NC(=O)c2ccn(C)c(=O)c2)cc1C(=O)O. The van der Waals surface area contributed by atoms with E-state index >= 15 is 0 Å². The van der Waals surface area contributed by atoms with Crippen LogP contribution in [0.25, 0.3) is 0 Å². The highest BCUT2D eigenvalue weighted by Gasteiger charge is 2.11. The number of aryl methyl sites for hydroxylation is 2. The molecule has 108 valence electrons. The fourth-order valence-corrected chi connectivity index (χ4v) is 1.82. The minimum atomic E-state index is -1.06. The van der Waals surface area contributed by atoms with Gasteiger partial charge in [-0.2, -0.15) is 0 Å². The van der Waals surface area contributed by atoms with Crippen LogP contribution in [0.2, 0.25) is 0 Å². The number of nitrogens with zero attached hydrogens (tertiary/aromatic N) is 1. The predicted octanol–water partition coefficient (Wildman–Crippen LogP) is 1.64. The molecule has 6 heteroatoms. The van der Waals surface area contributed by atoms with E-state index in [9.17, 15) is 14.4 Å². The minimum Gasteiger partial charge on any atom is -0.478 e. The molecule has 2 rings (SSSR count). The van der Waals surface area contributed by atoms with E-state index in [1.807, 2.05) is 0 Å². The standard InChI is InChI=1S/C15H14N2O4/c1-9-3-4-11(8-12(9)15(20)21)16-14(19)10-5-6-17(2)13(18)7-10/h3-8H,1-2H3,(H,16,19)(H,20,21). The van der Waals surface area contributed by atoms with Crippen molar-refractivity contribution in [2.45, 2.75) is 6.92 Å². The first-order valence-corrected chi connectivity index (χ1v) is 6.20. The topological polar surface area (TPSA) is 88.4 Å². The minimum absolute atomic E-state index is 0.122. The Morgan fingerprint density at radius 2 is 1.90 bits per heavy atom. The molecule has 6 nitrogen and oxygen atoms in total. The van der Waals surface area contributed by atoms with Crippen molar-refractivity contribution in [1.29, 1.82) is 0 Å². The van der Waals surface area contributed by atoms with Crippen molar-refractivity contribution >= 4 is 17.6 Å². The van der Waals surface area contributed by atoms with E-state index in [-0.39, 0.29) is 16.7 Å². The Hall–Kier alpha value is -2.89. The molecule has 2 aromatic rings. The molecule has 21 heavy (non-hydrogen) atoms. The number of amides is 1. The van der Waals surface area contributed by atoms with Crippen molar-refractivity contribution in [1.82, 2.24) is 4.57 Å². The van der Waals surface area contributed by atoms with Gasteiger partial charge in [0.2, 0.25) is 0 Å². The molecule has 0 unspecified atom stereocenters. The highest BCUT2D eigenvalue weighted by molar-refractivity contribution is 6.04. The third kappa shape index (κ3) is 3.17. The van der Waals surface area contributed by atoms with Crippen LogP contribution in [0.3, 0.4) is 0 Å². The van der Waals surface area contributed by atoms with Crippen molar-refractivity contribution in [3.63, 3.8) is 0 Å². The van der Waals surface area contributed by atoms with E-state index in [0.29, 0.717) is 11.3 Å². The summed E-state index contributed by atoms with van der Waals surface area (Å²) in [5.41, 5.74) is 1.02. The Morgan fingerprint density at radius 1 is 1.19 bits per heavy atom. The van der Waals surface area contributed by atoms with Crippen LogP contribution in [0.1, 0.15) is 26.3 Å². The molecule has 0 spiro atoms. The number of nitrogens with one attached hydrogen (secondary N) is 1. The van der Waals surface area contributed by atoms with Gasteiger partial charge in [0, 0.05) is 30.6 Å². The van der Waals surface area contributed by atoms with Gasteiger partial charge in [-0.3, -0.25) is 9.59 Å². The van der Waals surface area contributed by atoms with E-state index in [4.69, 9.17) is 5.11 Å². The van der Waals surface area contributed by atoms with Crippen LogP contribution in [0.5, 0.6) is 0 Å². The summed E-state index contributed by atoms with van der Waals surface area (Å²) < 4.78 is 1.35. The summed E-state index contributed by atoms with van der Waals surface area (Å²) in [6.45, 7) is 1.68. The van der Waals surface area contributed by atoms with Crippen LogP contribution in [0.15, 0.2) is 41.3 Å². The number of aromatic nitrogens is 1. The van der Waals surface area contributed by atoms with Crippen LogP contribution >= 0.6 is 0 Å². The zero-order valence-electron chi connectivity index (χ0n) is 11.6. The quantitative estimate of drug-likeness (QED) is 0.897. The zero-order chi connectivity index (χ0) is 15.6. The van der Waals surface area contributed by atoms with Gasteiger partial charge in [-0.1, -0.05) is 6.07 Å². The van der Waals surface area contributed by atoms with Crippen LogP contribution < -0.4 is 10.9 Å². The van der Waals surface area contributed by atoms with E-state index < -0.39 is 11.9 Å². The van der Waals surface area contributed by atoms with Crippen LogP contribution in [0.4, 0.5) is 5.69 Å². The molecule has 0 fully saturated rings. The van der Waals surface area contributed by atoms with Gasteiger partial charge in [0.1, 0.15) is 0 Å². The normalized spacial score (nSPS) is 10.2. The van der Waals surface area contributed by atoms with Crippen LogP contribution in [0, 0.1) is 6.92 Å². The van der Waals surface area contributed by atoms with Gasteiger partial charge in [-0.05, 0) is 30.7 Å². The second-order valence-corrected chi connectivity index (χ2v) is 4.65. The van der Waals surface area contributed by atoms with Crippen molar-refractivity contribution < 1.29 is 14.7 Å². The number of anilines is 1. The maximum Gasteiger partial charge on any atom is 0.336 e. The summed E-state index contributed by atoms with van der Waals surface area (Å²) in [6, 6.07) is 7.35. The Morgan fingerprint density at radius 3 is 2.52 bits per heavy atom. The molecule has 1 aromatic carbocycles. The van der Waals surface area contributed by atoms with E-state index in [1.54, 1.807) is 26.1 Å². The molecule has 0 saturated carbocycles. The van der Waals surface area contributed by atoms with Crippen molar-refractivity contribution in [2.75, 3.05) is 5.32 Å². The number of carboxylic acid groups (broad SMARTS) is 1. The summed E-state index contributed by atoms with van der Waals surface area (Å²) >= 11 is 0. The highest BCUT2D eigenvalue weighted by atomic mass is 16.4. The summed E-state index contributed by atoms with van der Waals surface area (Å²) in [5, 5.41) is 11.6. The van der Waals surface area contributed by atoms with Gasteiger partial charge in [-0.15, -0.1) is 0 Å². The Kier molecular flexibility index (Phi) is 3.89. The van der Waals surface area contributed by atoms with Crippen LogP contribution in [-0.2, 0) is 7.05 Å². The number of carbonyl (C=O) groups excluding carboxylic acids is 1. The van der Waals surface area contributed by atoms with Crippen molar-refractivity contribution in [3.8, 4) is 0 Å². The zero-order valence-corrected chi connectivity index (χ0v) is 11.6. The Balaban J connectivity index is 2.27.